The second kappa shape index (κ2) is 7.82. The maximum atomic E-state index is 12.6. The van der Waals surface area contributed by atoms with Gasteiger partial charge in [-0.2, -0.15) is 0 Å². The molecule has 4 nitrogen and oxygen atoms in total. The van der Waals surface area contributed by atoms with Crippen molar-refractivity contribution in [1.29, 1.82) is 0 Å². The summed E-state index contributed by atoms with van der Waals surface area (Å²) in [4.78, 5) is 24.7. The van der Waals surface area contributed by atoms with Gasteiger partial charge in [0.1, 0.15) is 11.5 Å². The van der Waals surface area contributed by atoms with Gasteiger partial charge in [0.25, 0.3) is 0 Å². The van der Waals surface area contributed by atoms with Crippen LogP contribution in [0.2, 0.25) is 0 Å². The van der Waals surface area contributed by atoms with Crippen LogP contribution in [0.25, 0.3) is 6.08 Å². The highest BCUT2D eigenvalue weighted by Crippen LogP contribution is 2.35. The monoisotopic (exact) mass is 434 g/mol. The van der Waals surface area contributed by atoms with E-state index in [-0.39, 0.29) is 23.9 Å². The predicted molar refractivity (Wildman–Crippen MR) is 110 cm³/mol. The normalized spacial score (nSPS) is 13.9. The molecule has 0 saturated heterocycles. The van der Waals surface area contributed by atoms with Gasteiger partial charge >= 0.3 is 0 Å². The Bertz CT molecular complexity index is 1090. The van der Waals surface area contributed by atoms with Gasteiger partial charge < -0.3 is 9.47 Å². The van der Waals surface area contributed by atoms with Crippen molar-refractivity contribution in [2.75, 3.05) is 6.61 Å². The Morgan fingerprint density at radius 2 is 1.75 bits per heavy atom. The topological polar surface area (TPSA) is 52.6 Å². The molecule has 0 aliphatic carbocycles. The predicted octanol–water partition coefficient (Wildman–Crippen LogP) is 5.33. The molecular formula is C23H15BrO4. The van der Waals surface area contributed by atoms with Gasteiger partial charge in [-0.25, -0.2) is 0 Å². The van der Waals surface area contributed by atoms with Crippen molar-refractivity contribution in [3.63, 3.8) is 0 Å². The molecule has 4 rings (SSSR count). The Balaban J connectivity index is 1.50. The minimum absolute atomic E-state index is 0.0869. The Morgan fingerprint density at radius 3 is 2.54 bits per heavy atom. The lowest BCUT2D eigenvalue weighted by Crippen LogP contribution is -2.11. The molecule has 0 aromatic heterocycles. The highest BCUT2D eigenvalue weighted by atomic mass is 79.9. The van der Waals surface area contributed by atoms with Gasteiger partial charge in [-0.1, -0.05) is 64.5 Å². The molecule has 0 spiro atoms. The number of halogens is 1. The fourth-order valence-electron chi connectivity index (χ4n) is 2.85. The number of ether oxygens (including phenoxy) is 2. The summed E-state index contributed by atoms with van der Waals surface area (Å²) >= 11 is 3.46. The van der Waals surface area contributed by atoms with Crippen molar-refractivity contribution in [1.82, 2.24) is 0 Å². The molecule has 28 heavy (non-hydrogen) atoms. The van der Waals surface area contributed by atoms with Crippen LogP contribution < -0.4 is 9.47 Å². The van der Waals surface area contributed by atoms with E-state index in [1.807, 2.05) is 30.3 Å². The molecule has 138 valence electrons. The summed E-state index contributed by atoms with van der Waals surface area (Å²) in [7, 11) is 0. The SMILES string of the molecule is O=C(COc1ccc2c(c1)O/C(=C\c1ccccc1Br)C2=O)c1ccccc1. The molecule has 3 aromatic carbocycles. The molecule has 1 aliphatic heterocycles. The lowest BCUT2D eigenvalue weighted by atomic mass is 10.1. The largest absolute Gasteiger partial charge is 0.485 e. The van der Waals surface area contributed by atoms with Gasteiger partial charge in [-0.05, 0) is 29.8 Å². The third-order valence-electron chi connectivity index (χ3n) is 4.30. The third-order valence-corrected chi connectivity index (χ3v) is 5.02. The van der Waals surface area contributed by atoms with Crippen LogP contribution in [0.5, 0.6) is 11.5 Å². The third kappa shape index (κ3) is 3.75. The summed E-state index contributed by atoms with van der Waals surface area (Å²) in [6.45, 7) is -0.0869. The van der Waals surface area contributed by atoms with E-state index in [9.17, 15) is 9.59 Å². The van der Waals surface area contributed by atoms with E-state index in [0.29, 0.717) is 22.6 Å². The van der Waals surface area contributed by atoms with E-state index in [1.54, 1.807) is 48.5 Å². The molecule has 1 heterocycles. The number of hydrogen-bond donors (Lipinski definition) is 0. The zero-order valence-electron chi connectivity index (χ0n) is 14.7. The number of carbonyl (C=O) groups is 2. The van der Waals surface area contributed by atoms with E-state index >= 15 is 0 Å². The van der Waals surface area contributed by atoms with Crippen LogP contribution in [0.4, 0.5) is 0 Å². The molecule has 5 heteroatoms. The lowest BCUT2D eigenvalue weighted by molar-refractivity contribution is 0.0921. The number of rotatable bonds is 5. The average molecular weight is 435 g/mol. The first-order valence-electron chi connectivity index (χ1n) is 8.66. The van der Waals surface area contributed by atoms with Gasteiger partial charge in [0.15, 0.2) is 18.1 Å². The summed E-state index contributed by atoms with van der Waals surface area (Å²) < 4.78 is 12.2. The number of allylic oxidation sites excluding steroid dienone is 1. The van der Waals surface area contributed by atoms with E-state index < -0.39 is 0 Å². The van der Waals surface area contributed by atoms with Crippen molar-refractivity contribution in [2.24, 2.45) is 0 Å². The van der Waals surface area contributed by atoms with Gasteiger partial charge in [0.2, 0.25) is 5.78 Å². The molecule has 0 N–H and O–H groups in total. The molecule has 1 aliphatic rings. The number of Topliss-reactive ketones (excluding diaryl/α,β-unsaturated/α-hetero) is 2. The summed E-state index contributed by atoms with van der Waals surface area (Å²) in [6.07, 6.45) is 1.70. The van der Waals surface area contributed by atoms with Crippen LogP contribution in [0, 0.1) is 0 Å². The highest BCUT2D eigenvalue weighted by Gasteiger charge is 2.28. The van der Waals surface area contributed by atoms with Gasteiger partial charge in [-0.3, -0.25) is 9.59 Å². The van der Waals surface area contributed by atoms with Crippen LogP contribution in [-0.2, 0) is 0 Å². The molecule has 0 radical (unpaired) electrons. The first-order valence-corrected chi connectivity index (χ1v) is 9.45. The minimum Gasteiger partial charge on any atom is -0.485 e. The Hall–Kier alpha value is -3.18. The first kappa shape index (κ1) is 18.2. The summed E-state index contributed by atoms with van der Waals surface area (Å²) in [5, 5.41) is 0. The Morgan fingerprint density at radius 1 is 1.00 bits per heavy atom. The second-order valence-electron chi connectivity index (χ2n) is 6.20. The van der Waals surface area contributed by atoms with Crippen LogP contribution in [0.1, 0.15) is 26.3 Å². The molecule has 0 amide bonds. The Kier molecular flexibility index (Phi) is 5.08. The summed E-state index contributed by atoms with van der Waals surface area (Å²) in [6, 6.07) is 21.5. The van der Waals surface area contributed by atoms with Crippen molar-refractivity contribution >= 4 is 33.6 Å². The van der Waals surface area contributed by atoms with Crippen LogP contribution in [0.3, 0.4) is 0 Å². The minimum atomic E-state index is -0.183. The van der Waals surface area contributed by atoms with E-state index in [0.717, 1.165) is 10.0 Å². The van der Waals surface area contributed by atoms with Gasteiger partial charge in [0.05, 0.1) is 5.56 Å². The maximum Gasteiger partial charge on any atom is 0.231 e. The average Bonchev–Trinajstić information content (AvgIpc) is 3.03. The van der Waals surface area contributed by atoms with E-state index in [4.69, 9.17) is 9.47 Å². The van der Waals surface area contributed by atoms with Crippen molar-refractivity contribution in [3.05, 3.63) is 99.7 Å². The van der Waals surface area contributed by atoms with Crippen molar-refractivity contribution < 1.29 is 19.1 Å². The molecule has 0 bridgehead atoms. The lowest BCUT2D eigenvalue weighted by Gasteiger charge is -2.07. The zero-order valence-corrected chi connectivity index (χ0v) is 16.3. The highest BCUT2D eigenvalue weighted by molar-refractivity contribution is 9.10. The fraction of sp³-hybridized carbons (Fsp3) is 0.0435. The number of hydrogen-bond acceptors (Lipinski definition) is 4. The molecule has 3 aromatic rings. The first-order chi connectivity index (χ1) is 13.6. The summed E-state index contributed by atoms with van der Waals surface area (Å²) in [5.74, 6) is 0.843. The molecular weight excluding hydrogens is 420 g/mol. The van der Waals surface area contributed by atoms with Gasteiger partial charge in [0, 0.05) is 16.1 Å². The van der Waals surface area contributed by atoms with Crippen molar-refractivity contribution in [3.8, 4) is 11.5 Å². The quantitative estimate of drug-likeness (QED) is 0.402. The molecule has 0 saturated carbocycles. The summed E-state index contributed by atoms with van der Waals surface area (Å²) in [5.41, 5.74) is 1.91. The standard InChI is InChI=1S/C23H15BrO4/c24-19-9-5-4-8-16(19)12-22-23(26)18-11-10-17(13-21(18)28-22)27-14-20(25)15-6-2-1-3-7-15/h1-13H,14H2/b22-12-. The molecule has 0 atom stereocenters. The zero-order chi connectivity index (χ0) is 19.5. The number of benzene rings is 3. The van der Waals surface area contributed by atoms with Crippen LogP contribution in [0.15, 0.2) is 83.0 Å². The second-order valence-corrected chi connectivity index (χ2v) is 7.05. The molecule has 0 unspecified atom stereocenters. The number of carbonyl (C=O) groups excluding carboxylic acids is 2. The number of fused-ring (bicyclic) bond motifs is 1. The van der Waals surface area contributed by atoms with Crippen LogP contribution >= 0.6 is 15.9 Å². The maximum absolute atomic E-state index is 12.6. The Labute approximate surface area is 170 Å². The van der Waals surface area contributed by atoms with Crippen molar-refractivity contribution in [2.45, 2.75) is 0 Å². The van der Waals surface area contributed by atoms with Crippen LogP contribution in [-0.4, -0.2) is 18.2 Å². The smallest absolute Gasteiger partial charge is 0.231 e. The van der Waals surface area contributed by atoms with E-state index in [1.165, 1.54) is 0 Å². The molecule has 0 fully saturated rings. The van der Waals surface area contributed by atoms with Gasteiger partial charge in [-0.15, -0.1) is 0 Å². The number of ketones is 2. The fourth-order valence-corrected chi connectivity index (χ4v) is 3.25. The van der Waals surface area contributed by atoms with E-state index in [2.05, 4.69) is 15.9 Å².